The van der Waals surface area contributed by atoms with Crippen molar-refractivity contribution in [2.75, 3.05) is 29.5 Å². The van der Waals surface area contributed by atoms with Crippen molar-refractivity contribution in [2.45, 2.75) is 6.42 Å². The summed E-state index contributed by atoms with van der Waals surface area (Å²) in [6.45, 7) is 0.456. The van der Waals surface area contributed by atoms with Crippen LogP contribution in [0.2, 0.25) is 0 Å². The Hall–Kier alpha value is -2.23. The van der Waals surface area contributed by atoms with E-state index in [0.717, 1.165) is 12.3 Å². The average Bonchev–Trinajstić information content (AvgIpc) is 2.59. The molecule has 10 heteroatoms. The molecule has 0 unspecified atom stereocenters. The fourth-order valence-corrected chi connectivity index (χ4v) is 3.38. The zero-order valence-electron chi connectivity index (χ0n) is 10.9. The maximum atomic E-state index is 11.6. The fourth-order valence-electron chi connectivity index (χ4n) is 2.11. The first-order chi connectivity index (χ1) is 9.80. The van der Waals surface area contributed by atoms with Crippen LogP contribution in [0.3, 0.4) is 0 Å². The Morgan fingerprint density at radius 2 is 2.10 bits per heavy atom. The van der Waals surface area contributed by atoms with Gasteiger partial charge in [-0.15, -0.1) is 0 Å². The summed E-state index contributed by atoms with van der Waals surface area (Å²) >= 11 is 0. The lowest BCUT2D eigenvalue weighted by molar-refractivity contribution is -0.385. The van der Waals surface area contributed by atoms with Crippen LogP contribution in [0.5, 0.6) is 0 Å². The van der Waals surface area contributed by atoms with E-state index in [2.05, 4.69) is 4.98 Å². The Bertz CT molecular complexity index is 687. The molecular formula is C11H13N3O6S. The van der Waals surface area contributed by atoms with Crippen LogP contribution in [0.25, 0.3) is 0 Å². The molecule has 1 fully saturated rings. The monoisotopic (exact) mass is 315 g/mol. The number of carboxylic acid groups (broad SMARTS) is 1. The number of hydrogen-bond acceptors (Lipinski definition) is 7. The number of nitrogens with zero attached hydrogens (tertiary/aromatic N) is 3. The smallest absolute Gasteiger partial charge is 0.339 e. The fraction of sp³-hybridized carbons (Fsp3) is 0.455. The van der Waals surface area contributed by atoms with Crippen molar-refractivity contribution in [3.63, 3.8) is 0 Å². The van der Waals surface area contributed by atoms with Gasteiger partial charge in [0.15, 0.2) is 9.84 Å². The number of pyridine rings is 1. The van der Waals surface area contributed by atoms with Gasteiger partial charge in [-0.1, -0.05) is 0 Å². The molecule has 0 saturated carbocycles. The summed E-state index contributed by atoms with van der Waals surface area (Å²) in [5.74, 6) is -1.33. The Morgan fingerprint density at radius 3 is 2.71 bits per heavy atom. The molecule has 1 aliphatic rings. The average molecular weight is 315 g/mol. The molecule has 1 aliphatic heterocycles. The van der Waals surface area contributed by atoms with E-state index in [0.29, 0.717) is 13.0 Å². The van der Waals surface area contributed by atoms with Crippen molar-refractivity contribution in [2.24, 2.45) is 0 Å². The largest absolute Gasteiger partial charge is 0.478 e. The second-order valence-corrected chi connectivity index (χ2v) is 6.92. The van der Waals surface area contributed by atoms with Crippen LogP contribution in [0.4, 0.5) is 11.5 Å². The predicted octanol–water partition coefficient (Wildman–Crippen LogP) is 0.313. The lowest BCUT2D eigenvalue weighted by Gasteiger charge is -2.22. The van der Waals surface area contributed by atoms with E-state index in [1.807, 2.05) is 0 Å². The number of aromatic nitrogens is 1. The number of rotatable bonds is 3. The van der Waals surface area contributed by atoms with Crippen molar-refractivity contribution in [1.82, 2.24) is 4.98 Å². The molecule has 2 heterocycles. The highest BCUT2D eigenvalue weighted by Crippen LogP contribution is 2.24. The Kier molecular flexibility index (Phi) is 4.07. The molecule has 0 bridgehead atoms. The summed E-state index contributed by atoms with van der Waals surface area (Å²) in [5, 5.41) is 19.9. The molecule has 2 rings (SSSR count). The van der Waals surface area contributed by atoms with E-state index in [-0.39, 0.29) is 29.4 Å². The standard InChI is InChI=1S/C11H13N3O6S/c15-11(16)9-6-8(14(17)18)7-12-10(9)13-2-1-4-21(19,20)5-3-13/h6-7H,1-5H2,(H,15,16). The van der Waals surface area contributed by atoms with Crippen LogP contribution in [0.15, 0.2) is 12.3 Å². The van der Waals surface area contributed by atoms with E-state index < -0.39 is 26.4 Å². The van der Waals surface area contributed by atoms with Gasteiger partial charge in [-0.05, 0) is 6.42 Å². The van der Waals surface area contributed by atoms with Gasteiger partial charge in [0.1, 0.15) is 17.6 Å². The van der Waals surface area contributed by atoms with E-state index >= 15 is 0 Å². The van der Waals surface area contributed by atoms with Crippen LogP contribution < -0.4 is 4.90 Å². The SMILES string of the molecule is O=C(O)c1cc([N+](=O)[O-])cnc1N1CCCS(=O)(=O)CC1. The van der Waals surface area contributed by atoms with Gasteiger partial charge < -0.3 is 10.0 Å². The van der Waals surface area contributed by atoms with Crippen LogP contribution in [-0.2, 0) is 9.84 Å². The number of hydrogen-bond donors (Lipinski definition) is 1. The second kappa shape index (κ2) is 5.64. The van der Waals surface area contributed by atoms with Gasteiger partial charge in [-0.3, -0.25) is 10.1 Å². The number of aromatic carboxylic acids is 1. The van der Waals surface area contributed by atoms with Gasteiger partial charge >= 0.3 is 5.97 Å². The molecule has 0 atom stereocenters. The second-order valence-electron chi connectivity index (χ2n) is 4.62. The third-order valence-corrected chi connectivity index (χ3v) is 4.86. The minimum Gasteiger partial charge on any atom is -0.478 e. The van der Waals surface area contributed by atoms with E-state index in [1.165, 1.54) is 4.90 Å². The van der Waals surface area contributed by atoms with Gasteiger partial charge in [-0.2, -0.15) is 0 Å². The van der Waals surface area contributed by atoms with Gasteiger partial charge in [0.2, 0.25) is 0 Å². The Morgan fingerprint density at radius 1 is 1.38 bits per heavy atom. The molecule has 1 saturated heterocycles. The van der Waals surface area contributed by atoms with Gasteiger partial charge in [0.05, 0.1) is 16.4 Å². The maximum absolute atomic E-state index is 11.6. The first-order valence-corrected chi connectivity index (χ1v) is 7.95. The summed E-state index contributed by atoms with van der Waals surface area (Å²) in [7, 11) is -3.14. The molecular weight excluding hydrogens is 302 g/mol. The Labute approximate surface area is 120 Å². The van der Waals surface area contributed by atoms with Gasteiger partial charge in [0, 0.05) is 19.2 Å². The van der Waals surface area contributed by atoms with Crippen molar-refractivity contribution >= 4 is 27.3 Å². The van der Waals surface area contributed by atoms with Crippen molar-refractivity contribution in [3.05, 3.63) is 27.9 Å². The zero-order valence-corrected chi connectivity index (χ0v) is 11.7. The highest BCUT2D eigenvalue weighted by molar-refractivity contribution is 7.91. The highest BCUT2D eigenvalue weighted by atomic mass is 32.2. The van der Waals surface area contributed by atoms with E-state index in [1.54, 1.807) is 0 Å². The number of nitro groups is 1. The quantitative estimate of drug-likeness (QED) is 0.623. The van der Waals surface area contributed by atoms with Crippen LogP contribution >= 0.6 is 0 Å². The highest BCUT2D eigenvalue weighted by Gasteiger charge is 2.25. The number of carboxylic acids is 1. The summed E-state index contributed by atoms with van der Waals surface area (Å²) < 4.78 is 23.1. The van der Waals surface area contributed by atoms with Crippen molar-refractivity contribution in [1.29, 1.82) is 0 Å². The molecule has 21 heavy (non-hydrogen) atoms. The van der Waals surface area contributed by atoms with Crippen molar-refractivity contribution in [3.8, 4) is 0 Å². The van der Waals surface area contributed by atoms with Gasteiger partial charge in [0.25, 0.3) is 5.69 Å². The topological polar surface area (TPSA) is 131 Å². The minimum absolute atomic E-state index is 0.0406. The van der Waals surface area contributed by atoms with Crippen LogP contribution in [0, 0.1) is 10.1 Å². The molecule has 114 valence electrons. The van der Waals surface area contributed by atoms with E-state index in [9.17, 15) is 23.3 Å². The third kappa shape index (κ3) is 3.45. The maximum Gasteiger partial charge on any atom is 0.339 e. The summed E-state index contributed by atoms with van der Waals surface area (Å²) in [5.41, 5.74) is -0.720. The summed E-state index contributed by atoms with van der Waals surface area (Å²) in [6, 6.07) is 0.935. The molecule has 1 N–H and O–H groups in total. The van der Waals surface area contributed by atoms with Crippen molar-refractivity contribution < 1.29 is 23.2 Å². The molecule has 1 aromatic heterocycles. The zero-order chi connectivity index (χ0) is 15.6. The minimum atomic E-state index is -3.14. The molecule has 0 aliphatic carbocycles. The van der Waals surface area contributed by atoms with Crippen LogP contribution in [-0.4, -0.2) is 54.0 Å². The first-order valence-electron chi connectivity index (χ1n) is 6.13. The number of anilines is 1. The molecule has 9 nitrogen and oxygen atoms in total. The molecule has 1 aromatic rings. The predicted molar refractivity (Wildman–Crippen MR) is 73.3 cm³/mol. The third-order valence-electron chi connectivity index (χ3n) is 3.15. The molecule has 0 spiro atoms. The Balaban J connectivity index is 2.39. The van der Waals surface area contributed by atoms with Crippen LogP contribution in [0.1, 0.15) is 16.8 Å². The lowest BCUT2D eigenvalue weighted by Crippen LogP contribution is -2.29. The van der Waals surface area contributed by atoms with Gasteiger partial charge in [-0.25, -0.2) is 18.2 Å². The molecule has 0 amide bonds. The summed E-state index contributed by atoms with van der Waals surface area (Å²) in [4.78, 5) is 26.6. The number of carbonyl (C=O) groups is 1. The lowest BCUT2D eigenvalue weighted by atomic mass is 10.2. The number of sulfone groups is 1. The first kappa shape index (κ1) is 15.2. The molecule has 0 radical (unpaired) electrons. The normalized spacial score (nSPS) is 18.0. The molecule has 0 aromatic carbocycles. The summed E-state index contributed by atoms with van der Waals surface area (Å²) in [6.07, 6.45) is 1.33. The van der Waals surface area contributed by atoms with E-state index in [4.69, 9.17) is 5.11 Å².